The number of benzene rings is 1. The Labute approximate surface area is 115 Å². The fourth-order valence-electron chi connectivity index (χ4n) is 2.09. The number of furan rings is 1. The molecule has 0 aliphatic carbocycles. The molecule has 0 aliphatic rings. The molecule has 2 aromatic heterocycles. The normalized spacial score (nSPS) is 12.3. The van der Waals surface area contributed by atoms with Crippen molar-refractivity contribution in [1.29, 1.82) is 0 Å². The number of anilines is 1. The number of hydrogen-bond acceptors (Lipinski definition) is 3. The molecule has 0 radical (unpaired) electrons. The Bertz CT molecular complexity index is 673. The number of halogens is 1. The summed E-state index contributed by atoms with van der Waals surface area (Å²) in [6, 6.07) is 9.70. The van der Waals surface area contributed by atoms with Gasteiger partial charge in [0.05, 0.1) is 6.26 Å². The first kappa shape index (κ1) is 12.5. The third-order valence-corrected chi connectivity index (χ3v) is 3.10. The highest BCUT2D eigenvalue weighted by Gasteiger charge is 2.20. The Balaban J connectivity index is 1.94. The molecule has 1 aromatic carbocycles. The highest BCUT2D eigenvalue weighted by atomic mass is 19.1. The molecule has 0 bridgehead atoms. The van der Waals surface area contributed by atoms with Crippen molar-refractivity contribution >= 4 is 5.69 Å². The number of rotatable bonds is 4. The van der Waals surface area contributed by atoms with Crippen molar-refractivity contribution in [2.75, 3.05) is 5.32 Å². The van der Waals surface area contributed by atoms with Gasteiger partial charge in [-0.2, -0.15) is 0 Å². The Morgan fingerprint density at radius 3 is 2.65 bits per heavy atom. The van der Waals surface area contributed by atoms with E-state index in [4.69, 9.17) is 4.42 Å². The van der Waals surface area contributed by atoms with Crippen LogP contribution in [-0.2, 0) is 7.05 Å². The third kappa shape index (κ3) is 2.42. The summed E-state index contributed by atoms with van der Waals surface area (Å²) in [4.78, 5) is 4.35. The quantitative estimate of drug-likeness (QED) is 0.791. The maximum Gasteiger partial charge on any atom is 0.143 e. The monoisotopic (exact) mass is 271 g/mol. The lowest BCUT2D eigenvalue weighted by Gasteiger charge is -2.17. The van der Waals surface area contributed by atoms with Gasteiger partial charge in [-0.1, -0.05) is 0 Å². The summed E-state index contributed by atoms with van der Waals surface area (Å²) >= 11 is 0. The van der Waals surface area contributed by atoms with Crippen LogP contribution in [0.4, 0.5) is 10.1 Å². The van der Waals surface area contributed by atoms with E-state index >= 15 is 0 Å². The van der Waals surface area contributed by atoms with E-state index in [9.17, 15) is 4.39 Å². The summed E-state index contributed by atoms with van der Waals surface area (Å²) in [5.74, 6) is 1.31. The molecule has 102 valence electrons. The number of nitrogens with one attached hydrogen (secondary N) is 1. The topological polar surface area (TPSA) is 43.0 Å². The average Bonchev–Trinajstić information content (AvgIpc) is 3.10. The van der Waals surface area contributed by atoms with E-state index in [-0.39, 0.29) is 11.9 Å². The molecule has 0 fully saturated rings. The first-order valence-electron chi connectivity index (χ1n) is 6.27. The summed E-state index contributed by atoms with van der Waals surface area (Å²) in [5, 5.41) is 3.31. The lowest BCUT2D eigenvalue weighted by atomic mass is 10.2. The molecule has 5 heteroatoms. The van der Waals surface area contributed by atoms with Crippen LogP contribution in [-0.4, -0.2) is 9.55 Å². The molecule has 3 rings (SSSR count). The number of aryl methyl sites for hydroxylation is 1. The van der Waals surface area contributed by atoms with Gasteiger partial charge in [0.25, 0.3) is 0 Å². The average molecular weight is 271 g/mol. The molecule has 0 aliphatic heterocycles. The van der Waals surface area contributed by atoms with Crippen molar-refractivity contribution in [2.45, 2.75) is 6.04 Å². The van der Waals surface area contributed by atoms with Crippen LogP contribution in [0.25, 0.3) is 0 Å². The van der Waals surface area contributed by atoms with Crippen molar-refractivity contribution < 1.29 is 8.81 Å². The minimum Gasteiger partial charge on any atom is -0.467 e. The van der Waals surface area contributed by atoms with Crippen molar-refractivity contribution in [3.05, 3.63) is 72.5 Å². The van der Waals surface area contributed by atoms with Gasteiger partial charge in [-0.25, -0.2) is 9.37 Å². The molecule has 0 amide bonds. The van der Waals surface area contributed by atoms with Gasteiger partial charge in [-0.3, -0.25) is 0 Å². The molecule has 0 saturated carbocycles. The first-order valence-corrected chi connectivity index (χ1v) is 6.27. The second-order valence-electron chi connectivity index (χ2n) is 4.50. The standard InChI is InChI=1S/C15H14FN3O/c1-19-9-8-17-15(19)14(13-3-2-10-20-13)18-12-6-4-11(16)5-7-12/h2-10,14,18H,1H3. The third-order valence-electron chi connectivity index (χ3n) is 3.10. The predicted octanol–water partition coefficient (Wildman–Crippen LogP) is 3.35. The lowest BCUT2D eigenvalue weighted by Crippen LogP contribution is -2.16. The molecular formula is C15H14FN3O. The molecule has 1 unspecified atom stereocenters. The lowest BCUT2D eigenvalue weighted by molar-refractivity contribution is 0.488. The van der Waals surface area contributed by atoms with E-state index in [2.05, 4.69) is 10.3 Å². The molecule has 2 heterocycles. The van der Waals surface area contributed by atoms with Gasteiger partial charge in [-0.15, -0.1) is 0 Å². The SMILES string of the molecule is Cn1ccnc1C(Nc1ccc(F)cc1)c1ccco1. The fraction of sp³-hybridized carbons (Fsp3) is 0.133. The first-order chi connectivity index (χ1) is 9.74. The van der Waals surface area contributed by atoms with Gasteiger partial charge >= 0.3 is 0 Å². The van der Waals surface area contributed by atoms with E-state index in [0.717, 1.165) is 17.3 Å². The zero-order chi connectivity index (χ0) is 13.9. The number of imidazole rings is 1. The highest BCUT2D eigenvalue weighted by Crippen LogP contribution is 2.25. The van der Waals surface area contributed by atoms with E-state index in [1.165, 1.54) is 12.1 Å². The minimum absolute atomic E-state index is 0.226. The van der Waals surface area contributed by atoms with Gasteiger partial charge < -0.3 is 14.3 Å². The van der Waals surface area contributed by atoms with Gasteiger partial charge in [0.1, 0.15) is 23.4 Å². The number of aromatic nitrogens is 2. The van der Waals surface area contributed by atoms with E-state index in [1.54, 1.807) is 24.6 Å². The van der Waals surface area contributed by atoms with Crippen LogP contribution in [0.15, 0.2) is 59.5 Å². The minimum atomic E-state index is -0.262. The smallest absolute Gasteiger partial charge is 0.143 e. The van der Waals surface area contributed by atoms with Crippen molar-refractivity contribution in [3.63, 3.8) is 0 Å². The van der Waals surface area contributed by atoms with Crippen LogP contribution >= 0.6 is 0 Å². The van der Waals surface area contributed by atoms with Crippen LogP contribution in [0.3, 0.4) is 0 Å². The molecule has 0 saturated heterocycles. The number of hydrogen-bond donors (Lipinski definition) is 1. The Kier molecular flexibility index (Phi) is 3.25. The van der Waals surface area contributed by atoms with E-state index in [0.29, 0.717) is 0 Å². The van der Waals surface area contributed by atoms with Crippen LogP contribution < -0.4 is 5.32 Å². The number of nitrogens with zero attached hydrogens (tertiary/aromatic N) is 2. The summed E-state index contributed by atoms with van der Waals surface area (Å²) in [6.07, 6.45) is 5.23. The second kappa shape index (κ2) is 5.21. The highest BCUT2D eigenvalue weighted by molar-refractivity contribution is 5.46. The van der Waals surface area contributed by atoms with Crippen LogP contribution in [0.2, 0.25) is 0 Å². The van der Waals surface area contributed by atoms with Gasteiger partial charge in [0.15, 0.2) is 0 Å². The summed E-state index contributed by atoms with van der Waals surface area (Å²) < 4.78 is 20.4. The van der Waals surface area contributed by atoms with Crippen molar-refractivity contribution in [1.82, 2.24) is 9.55 Å². The Morgan fingerprint density at radius 2 is 2.05 bits per heavy atom. The predicted molar refractivity (Wildman–Crippen MR) is 73.8 cm³/mol. The zero-order valence-corrected chi connectivity index (χ0v) is 11.0. The van der Waals surface area contributed by atoms with Crippen LogP contribution in [0.5, 0.6) is 0 Å². The molecule has 0 spiro atoms. The fourth-order valence-corrected chi connectivity index (χ4v) is 2.09. The van der Waals surface area contributed by atoms with Crippen LogP contribution in [0.1, 0.15) is 17.6 Å². The van der Waals surface area contributed by atoms with Gasteiger partial charge in [0.2, 0.25) is 0 Å². The van der Waals surface area contributed by atoms with Crippen molar-refractivity contribution in [3.8, 4) is 0 Å². The van der Waals surface area contributed by atoms with E-state index in [1.807, 2.05) is 29.9 Å². The maximum atomic E-state index is 13.0. The molecule has 3 aromatic rings. The largest absolute Gasteiger partial charge is 0.467 e. The molecule has 1 atom stereocenters. The van der Waals surface area contributed by atoms with E-state index < -0.39 is 0 Å². The van der Waals surface area contributed by atoms with Gasteiger partial charge in [-0.05, 0) is 36.4 Å². The molecule has 20 heavy (non-hydrogen) atoms. The zero-order valence-electron chi connectivity index (χ0n) is 11.0. The summed E-state index contributed by atoms with van der Waals surface area (Å²) in [5.41, 5.74) is 0.802. The summed E-state index contributed by atoms with van der Waals surface area (Å²) in [7, 11) is 1.92. The van der Waals surface area contributed by atoms with Crippen LogP contribution in [0, 0.1) is 5.82 Å². The Morgan fingerprint density at radius 1 is 1.25 bits per heavy atom. The molecular weight excluding hydrogens is 257 g/mol. The van der Waals surface area contributed by atoms with Gasteiger partial charge in [0, 0.05) is 25.1 Å². The summed E-state index contributed by atoms with van der Waals surface area (Å²) in [6.45, 7) is 0. The second-order valence-corrected chi connectivity index (χ2v) is 4.50. The van der Waals surface area contributed by atoms with Crippen molar-refractivity contribution in [2.24, 2.45) is 7.05 Å². The Hall–Kier alpha value is -2.56. The molecule has 1 N–H and O–H groups in total. The maximum absolute atomic E-state index is 13.0. The molecule has 4 nitrogen and oxygen atoms in total.